The Kier molecular flexibility index (Phi) is 34.6. The Bertz CT molecular complexity index is 2950. The molecule has 1 fully saturated rings. The molecule has 408 valence electrons. The monoisotopic (exact) mass is 1100 g/mol. The van der Waals surface area contributed by atoms with E-state index in [1.165, 1.54) is 42.5 Å². The Hall–Kier alpha value is -11.5. The summed E-state index contributed by atoms with van der Waals surface area (Å²) >= 11 is 0. The van der Waals surface area contributed by atoms with Crippen molar-refractivity contribution in [3.8, 4) is 0 Å². The van der Waals surface area contributed by atoms with E-state index in [0.717, 1.165) is 16.8 Å². The molecule has 0 saturated heterocycles. The average Bonchev–Trinajstić information content (AvgIpc) is 4.01. The number of hydrogen-bond donors (Lipinski definition) is 8. The molecular weight excluding hydrogens is 1070 g/mol. The summed E-state index contributed by atoms with van der Waals surface area (Å²) in [5.74, 6) is -18.5. The lowest BCUT2D eigenvalue weighted by molar-refractivity contribution is -0.193. The van der Waals surface area contributed by atoms with Crippen LogP contribution in [0.25, 0.3) is 10.8 Å². The number of hydrogen-bond acceptors (Lipinski definition) is 18. The van der Waals surface area contributed by atoms with Gasteiger partial charge in [0.15, 0.2) is 23.3 Å². The highest BCUT2D eigenvalue weighted by Crippen LogP contribution is 2.48. The van der Waals surface area contributed by atoms with Gasteiger partial charge in [0.2, 0.25) is 0 Å². The Morgan fingerprint density at radius 3 is 1.00 bits per heavy atom. The summed E-state index contributed by atoms with van der Waals surface area (Å²) in [6, 6.07) is 23.4. The quantitative estimate of drug-likeness (QED) is 0.0609. The van der Waals surface area contributed by atoms with Gasteiger partial charge in [0, 0.05) is 6.07 Å². The van der Waals surface area contributed by atoms with Crippen molar-refractivity contribution in [1.82, 2.24) is 0 Å². The highest BCUT2D eigenvalue weighted by molar-refractivity contribution is 6.01. The van der Waals surface area contributed by atoms with Gasteiger partial charge in [0.25, 0.3) is 0 Å². The molecule has 5 aromatic carbocycles. The van der Waals surface area contributed by atoms with Crippen LogP contribution < -0.4 is 0 Å². The zero-order valence-electron chi connectivity index (χ0n) is 38.3. The molecule has 8 N–H and O–H groups in total. The van der Waals surface area contributed by atoms with Crippen LogP contribution in [0.1, 0.15) is 68.6 Å². The molecule has 1 saturated carbocycles. The SMILES string of the molecule is O=C(O)C1C2C=CC(C2)C1C(=O)O.O=C(O)c1c(F)c(F)cc(F)c1F.O=C(O)c1ccc2ccccc2c1.O=C(O)c1cccc(C(=O)O)c1.O=C(O)c1ccccc1C(=O)O.O=C=O.O=C=O.O=C=O.O=C=O.O=C=O. The van der Waals surface area contributed by atoms with E-state index in [0.29, 0.717) is 12.0 Å². The maximum absolute atomic E-state index is 12.5. The summed E-state index contributed by atoms with van der Waals surface area (Å²) in [4.78, 5) is 165. The van der Waals surface area contributed by atoms with Gasteiger partial charge < -0.3 is 40.9 Å². The molecule has 5 aromatic rings. The van der Waals surface area contributed by atoms with Gasteiger partial charge in [-0.3, -0.25) is 9.59 Å². The first kappa shape index (κ1) is 70.7. The predicted molar refractivity (Wildman–Crippen MR) is 233 cm³/mol. The van der Waals surface area contributed by atoms with Crippen molar-refractivity contribution < 1.29 is 145 Å². The Morgan fingerprint density at radius 2 is 0.692 bits per heavy atom. The molecule has 0 amide bonds. The second-order valence-electron chi connectivity index (χ2n) is 13.5. The van der Waals surface area contributed by atoms with Crippen LogP contribution in [-0.2, 0) is 57.5 Å². The first-order valence-electron chi connectivity index (χ1n) is 19.7. The predicted octanol–water partition coefficient (Wildman–Crippen LogP) is 4.32. The van der Waals surface area contributed by atoms with Crippen molar-refractivity contribution in [1.29, 1.82) is 0 Å². The Morgan fingerprint density at radius 1 is 0.372 bits per heavy atom. The number of carboxylic acids is 8. The van der Waals surface area contributed by atoms with Crippen molar-refractivity contribution in [2.45, 2.75) is 6.42 Å². The minimum absolute atomic E-state index is 0.0186. The zero-order chi connectivity index (χ0) is 60.8. The van der Waals surface area contributed by atoms with Gasteiger partial charge in [-0.05, 0) is 71.5 Å². The fourth-order valence-corrected chi connectivity index (χ4v) is 6.22. The van der Waals surface area contributed by atoms with Gasteiger partial charge in [-0.1, -0.05) is 60.7 Å². The number of halogens is 4. The lowest BCUT2D eigenvalue weighted by Crippen LogP contribution is -2.32. The van der Waals surface area contributed by atoms with Crippen molar-refractivity contribution >= 4 is 89.3 Å². The molecule has 30 heteroatoms. The van der Waals surface area contributed by atoms with E-state index in [2.05, 4.69) is 0 Å². The lowest BCUT2D eigenvalue weighted by Gasteiger charge is -2.20. The van der Waals surface area contributed by atoms with Crippen molar-refractivity contribution in [2.75, 3.05) is 0 Å². The largest absolute Gasteiger partial charge is 0.481 e. The average molecular weight is 1100 g/mol. The third-order valence-electron chi connectivity index (χ3n) is 9.10. The topological polar surface area (TPSA) is 469 Å². The second-order valence-corrected chi connectivity index (χ2v) is 13.5. The van der Waals surface area contributed by atoms with Crippen molar-refractivity contribution in [2.24, 2.45) is 23.7 Å². The molecule has 0 radical (unpaired) electrons. The summed E-state index contributed by atoms with van der Waals surface area (Å²) in [6.45, 7) is 0. The number of allylic oxidation sites excluding steroid dienone is 2. The Balaban J connectivity index is -0.000000846. The maximum atomic E-state index is 12.5. The van der Waals surface area contributed by atoms with E-state index >= 15 is 0 Å². The molecule has 4 atom stereocenters. The van der Waals surface area contributed by atoms with Crippen molar-refractivity contribution in [3.63, 3.8) is 0 Å². The van der Waals surface area contributed by atoms with Gasteiger partial charge in [0.05, 0.1) is 39.7 Å². The molecule has 78 heavy (non-hydrogen) atoms. The minimum atomic E-state index is -2.06. The standard InChI is InChI=1S/C11H8O2.C9H10O4.2C8H6O4.C7H2F4O2.5CO2/c12-11(13)10-6-5-8-3-1-2-4-9(8)7-10;10-8(11)6-4-1-2-5(3-4)7(6)9(12)13;9-7(10)5-2-1-3-6(4-5)8(11)12;9-7(10)5-3-1-2-4-6(5)8(11)12;8-2-1-3(9)6(11)4(5(2)10)7(12)13;5*2-1-3/h1-7H,(H,12,13);1-2,4-7H,3H2,(H,10,11)(H,12,13);2*1-4H,(H,9,10)(H,11,12);1H,(H,12,13);;;;;. The van der Waals surface area contributed by atoms with Gasteiger partial charge in [0.1, 0.15) is 5.56 Å². The van der Waals surface area contributed by atoms with Gasteiger partial charge in [-0.2, -0.15) is 47.9 Å². The molecule has 2 aliphatic rings. The molecule has 2 aliphatic carbocycles. The number of aromatic carboxylic acids is 6. The van der Waals surface area contributed by atoms with Gasteiger partial charge in [-0.15, -0.1) is 0 Å². The van der Waals surface area contributed by atoms with E-state index in [-0.39, 0.29) is 70.9 Å². The summed E-state index contributed by atoms with van der Waals surface area (Å²) < 4.78 is 49.7. The number of carbonyl (C=O) groups is 8. The number of carbonyl (C=O) groups excluding carboxylic acids is 10. The van der Waals surface area contributed by atoms with Crippen molar-refractivity contribution in [3.05, 3.63) is 166 Å². The summed E-state index contributed by atoms with van der Waals surface area (Å²) in [5, 5.41) is 70.8. The van der Waals surface area contributed by atoms with E-state index in [4.69, 9.17) is 88.8 Å². The number of fused-ring (bicyclic) bond motifs is 3. The molecule has 0 spiro atoms. The highest BCUT2D eigenvalue weighted by Gasteiger charge is 2.51. The molecule has 0 heterocycles. The molecule has 26 nitrogen and oxygen atoms in total. The number of benzene rings is 5. The third kappa shape index (κ3) is 24.7. The minimum Gasteiger partial charge on any atom is -0.481 e. The summed E-state index contributed by atoms with van der Waals surface area (Å²) in [5.41, 5.74) is -1.71. The third-order valence-corrected chi connectivity index (χ3v) is 9.10. The van der Waals surface area contributed by atoms with Crippen LogP contribution in [0.2, 0.25) is 0 Å². The van der Waals surface area contributed by atoms with E-state index in [1.807, 2.05) is 42.5 Å². The van der Waals surface area contributed by atoms with Crippen LogP contribution in [0.15, 0.2) is 109 Å². The van der Waals surface area contributed by atoms with Gasteiger partial charge >= 0.3 is 78.5 Å². The highest BCUT2D eigenvalue weighted by atomic mass is 19.2. The second kappa shape index (κ2) is 38.1. The molecule has 4 unspecified atom stereocenters. The first-order chi connectivity index (χ1) is 36.6. The van der Waals surface area contributed by atoms with E-state index < -0.39 is 88.4 Å². The van der Waals surface area contributed by atoms with Crippen LogP contribution in [0.4, 0.5) is 17.6 Å². The normalized spacial score (nSPS) is 13.6. The molecule has 2 bridgehead atoms. The van der Waals surface area contributed by atoms with Gasteiger partial charge in [-0.25, -0.2) is 46.3 Å². The van der Waals surface area contributed by atoms with E-state index in [9.17, 15) is 55.9 Å². The maximum Gasteiger partial charge on any atom is 0.373 e. The number of carboxylic acid groups (broad SMARTS) is 8. The fourth-order valence-electron chi connectivity index (χ4n) is 6.22. The Labute approximate surface area is 429 Å². The smallest absolute Gasteiger partial charge is 0.373 e. The first-order valence-corrected chi connectivity index (χ1v) is 19.7. The molecule has 7 rings (SSSR count). The molecule has 0 aromatic heterocycles. The zero-order valence-corrected chi connectivity index (χ0v) is 38.3. The van der Waals surface area contributed by atoms with E-state index in [1.54, 1.807) is 12.1 Å². The summed E-state index contributed by atoms with van der Waals surface area (Å²) in [6.07, 6.45) is 5.61. The number of rotatable bonds is 8. The van der Waals surface area contributed by atoms with Crippen LogP contribution >= 0.6 is 0 Å². The lowest BCUT2D eigenvalue weighted by atomic mass is 9.83. The summed E-state index contributed by atoms with van der Waals surface area (Å²) in [7, 11) is 0. The van der Waals surface area contributed by atoms with Crippen LogP contribution in [0.5, 0.6) is 0 Å². The van der Waals surface area contributed by atoms with Crippen LogP contribution in [-0.4, -0.2) is 119 Å². The fraction of sp³-hybridized carbons (Fsp3) is 0.104. The van der Waals surface area contributed by atoms with Crippen LogP contribution in [0, 0.1) is 46.9 Å². The molecular formula is C48H32F4O26. The molecule has 0 aliphatic heterocycles. The van der Waals surface area contributed by atoms with Crippen LogP contribution in [0.3, 0.4) is 0 Å². The number of aliphatic carboxylic acids is 2.